The maximum absolute atomic E-state index is 8.82. The van der Waals surface area contributed by atoms with E-state index in [-0.39, 0.29) is 0 Å². The lowest BCUT2D eigenvalue weighted by molar-refractivity contribution is 0.637. The van der Waals surface area contributed by atoms with Crippen LogP contribution in [0.4, 0.5) is 5.82 Å². The number of hydrogen-bond acceptors (Lipinski definition) is 5. The van der Waals surface area contributed by atoms with Crippen molar-refractivity contribution >= 4 is 11.3 Å². The number of fused-ring (bicyclic) bond motifs is 3. The van der Waals surface area contributed by atoms with Crippen LogP contribution in [0.15, 0.2) is 24.8 Å². The zero-order chi connectivity index (χ0) is 15.6. The van der Waals surface area contributed by atoms with Gasteiger partial charge in [0.05, 0.1) is 24.0 Å². The fourth-order valence-electron chi connectivity index (χ4n) is 3.13. The van der Waals surface area contributed by atoms with Crippen molar-refractivity contribution in [1.29, 1.82) is 5.26 Å². The Balaban J connectivity index is 1.54. The molecule has 23 heavy (non-hydrogen) atoms. The van der Waals surface area contributed by atoms with E-state index in [4.69, 9.17) is 5.26 Å². The zero-order valence-corrected chi connectivity index (χ0v) is 12.7. The van der Waals surface area contributed by atoms with E-state index in [1.54, 1.807) is 23.3 Å². The minimum absolute atomic E-state index is 0.579. The highest BCUT2D eigenvalue weighted by Gasteiger charge is 2.19. The topological polar surface area (TPSA) is 83.8 Å². The molecule has 3 heterocycles. The summed E-state index contributed by atoms with van der Waals surface area (Å²) in [5.41, 5.74) is 4.21. The van der Waals surface area contributed by atoms with Crippen LogP contribution in [0.2, 0.25) is 0 Å². The summed E-state index contributed by atoms with van der Waals surface area (Å²) in [6, 6.07) is 2.08. The van der Waals surface area contributed by atoms with Crippen molar-refractivity contribution in [1.82, 2.24) is 24.4 Å². The first-order valence-corrected chi connectivity index (χ1v) is 7.86. The van der Waals surface area contributed by atoms with Gasteiger partial charge in [0, 0.05) is 30.7 Å². The van der Waals surface area contributed by atoms with Gasteiger partial charge >= 0.3 is 0 Å². The van der Waals surface area contributed by atoms with Crippen LogP contribution in [0.25, 0.3) is 5.52 Å². The quantitative estimate of drug-likeness (QED) is 0.794. The molecule has 0 amide bonds. The van der Waals surface area contributed by atoms with Gasteiger partial charge in [-0.2, -0.15) is 15.5 Å². The molecule has 3 aromatic heterocycles. The van der Waals surface area contributed by atoms with Crippen molar-refractivity contribution in [3.8, 4) is 6.07 Å². The molecule has 1 aliphatic rings. The Hall–Kier alpha value is -2.88. The van der Waals surface area contributed by atoms with Crippen LogP contribution >= 0.6 is 0 Å². The molecule has 7 nitrogen and oxygen atoms in total. The lowest BCUT2D eigenvalue weighted by Crippen LogP contribution is -2.12. The lowest BCUT2D eigenvalue weighted by Gasteiger charge is -2.11. The summed E-state index contributed by atoms with van der Waals surface area (Å²) in [6.45, 7) is 1.37. The molecule has 1 aliphatic carbocycles. The van der Waals surface area contributed by atoms with Crippen molar-refractivity contribution in [2.75, 3.05) is 11.9 Å². The van der Waals surface area contributed by atoms with E-state index < -0.39 is 0 Å². The van der Waals surface area contributed by atoms with E-state index in [0.29, 0.717) is 18.7 Å². The Labute approximate surface area is 133 Å². The van der Waals surface area contributed by atoms with E-state index in [2.05, 4.69) is 26.6 Å². The first-order valence-electron chi connectivity index (χ1n) is 7.86. The third-order valence-corrected chi connectivity index (χ3v) is 4.21. The van der Waals surface area contributed by atoms with Gasteiger partial charge < -0.3 is 5.32 Å². The van der Waals surface area contributed by atoms with Crippen molar-refractivity contribution in [2.24, 2.45) is 0 Å². The Morgan fingerprint density at radius 2 is 2.22 bits per heavy atom. The second kappa shape index (κ2) is 5.72. The number of nitrogens with one attached hydrogen (secondary N) is 1. The Kier molecular flexibility index (Phi) is 3.42. The summed E-state index contributed by atoms with van der Waals surface area (Å²) in [6.07, 6.45) is 11.6. The van der Waals surface area contributed by atoms with Crippen LogP contribution in [0.5, 0.6) is 0 Å². The van der Waals surface area contributed by atoms with Gasteiger partial charge in [-0.25, -0.2) is 9.50 Å². The van der Waals surface area contributed by atoms with Crippen LogP contribution in [-0.2, 0) is 19.4 Å². The highest BCUT2D eigenvalue weighted by molar-refractivity contribution is 5.73. The Morgan fingerprint density at radius 1 is 1.30 bits per heavy atom. The first kappa shape index (κ1) is 13.8. The van der Waals surface area contributed by atoms with Crippen LogP contribution < -0.4 is 5.32 Å². The second-order valence-electron chi connectivity index (χ2n) is 5.73. The van der Waals surface area contributed by atoms with Gasteiger partial charge in [0.1, 0.15) is 11.6 Å². The van der Waals surface area contributed by atoms with E-state index in [0.717, 1.165) is 24.2 Å². The second-order valence-corrected chi connectivity index (χ2v) is 5.73. The van der Waals surface area contributed by atoms with Crippen LogP contribution in [0.1, 0.15) is 29.7 Å². The molecule has 0 radical (unpaired) electrons. The fraction of sp³-hybridized carbons (Fsp3) is 0.375. The SMILES string of the molecule is N#Cc1cnn(CCNc2nccn3nc4c(c23)CCCC4)c1. The maximum Gasteiger partial charge on any atom is 0.152 e. The van der Waals surface area contributed by atoms with Crippen molar-refractivity contribution < 1.29 is 0 Å². The van der Waals surface area contributed by atoms with E-state index in [1.165, 1.54) is 24.1 Å². The molecular formula is C16H17N7. The maximum atomic E-state index is 8.82. The fourth-order valence-corrected chi connectivity index (χ4v) is 3.13. The number of rotatable bonds is 4. The molecule has 0 atom stereocenters. The van der Waals surface area contributed by atoms with Gasteiger partial charge in [-0.1, -0.05) is 0 Å². The number of nitrogens with zero attached hydrogens (tertiary/aromatic N) is 6. The number of aromatic nitrogens is 5. The number of hydrogen-bond donors (Lipinski definition) is 1. The molecule has 7 heteroatoms. The molecular weight excluding hydrogens is 290 g/mol. The molecule has 0 unspecified atom stereocenters. The summed E-state index contributed by atoms with van der Waals surface area (Å²) >= 11 is 0. The average Bonchev–Trinajstić information content (AvgIpc) is 3.19. The molecule has 1 N–H and O–H groups in total. The van der Waals surface area contributed by atoms with Gasteiger partial charge in [0.15, 0.2) is 5.82 Å². The summed E-state index contributed by atoms with van der Waals surface area (Å²) in [7, 11) is 0. The Morgan fingerprint density at radius 3 is 3.09 bits per heavy atom. The van der Waals surface area contributed by atoms with Crippen molar-refractivity contribution in [3.63, 3.8) is 0 Å². The number of anilines is 1. The molecule has 4 rings (SSSR count). The monoisotopic (exact) mass is 307 g/mol. The predicted molar refractivity (Wildman–Crippen MR) is 85.1 cm³/mol. The smallest absolute Gasteiger partial charge is 0.152 e. The summed E-state index contributed by atoms with van der Waals surface area (Å²) < 4.78 is 3.70. The minimum Gasteiger partial charge on any atom is -0.366 e. The highest BCUT2D eigenvalue weighted by Crippen LogP contribution is 2.28. The van der Waals surface area contributed by atoms with Crippen LogP contribution in [-0.4, -0.2) is 30.9 Å². The largest absolute Gasteiger partial charge is 0.366 e. The Bertz CT molecular complexity index is 884. The molecule has 0 fully saturated rings. The molecule has 0 bridgehead atoms. The van der Waals surface area contributed by atoms with Gasteiger partial charge in [0.2, 0.25) is 0 Å². The van der Waals surface area contributed by atoms with E-state index >= 15 is 0 Å². The molecule has 0 saturated heterocycles. The summed E-state index contributed by atoms with van der Waals surface area (Å²) in [5.74, 6) is 0.871. The lowest BCUT2D eigenvalue weighted by atomic mass is 9.97. The van der Waals surface area contributed by atoms with Gasteiger partial charge in [-0.3, -0.25) is 4.68 Å². The normalized spacial score (nSPS) is 13.7. The first-order chi connectivity index (χ1) is 11.3. The van der Waals surface area contributed by atoms with Crippen LogP contribution in [0, 0.1) is 11.3 Å². The van der Waals surface area contributed by atoms with Gasteiger partial charge in [0.25, 0.3) is 0 Å². The molecule has 116 valence electrons. The average molecular weight is 307 g/mol. The zero-order valence-electron chi connectivity index (χ0n) is 12.7. The number of aryl methyl sites for hydroxylation is 2. The highest BCUT2D eigenvalue weighted by atomic mass is 15.3. The number of nitriles is 1. The van der Waals surface area contributed by atoms with Crippen LogP contribution in [0.3, 0.4) is 0 Å². The minimum atomic E-state index is 0.579. The van der Waals surface area contributed by atoms with E-state index in [9.17, 15) is 0 Å². The molecule has 3 aromatic rings. The molecule has 0 aromatic carbocycles. The molecule has 0 spiro atoms. The predicted octanol–water partition coefficient (Wildman–Crippen LogP) is 1.79. The van der Waals surface area contributed by atoms with E-state index in [1.807, 2.05) is 10.7 Å². The standard InChI is InChI=1S/C16H17N7/c17-9-12-10-20-22(11-12)7-5-18-16-15-13-3-1-2-4-14(13)21-23(15)8-6-19-16/h6,8,10-11H,1-5,7H2,(H,18,19). The summed E-state index contributed by atoms with van der Waals surface area (Å²) in [4.78, 5) is 4.49. The molecule has 0 aliphatic heterocycles. The van der Waals surface area contributed by atoms with Gasteiger partial charge in [-0.15, -0.1) is 0 Å². The summed E-state index contributed by atoms with van der Waals surface area (Å²) in [5, 5.41) is 21.0. The third kappa shape index (κ3) is 2.52. The van der Waals surface area contributed by atoms with Crippen molar-refractivity contribution in [3.05, 3.63) is 41.6 Å². The third-order valence-electron chi connectivity index (χ3n) is 4.21. The van der Waals surface area contributed by atoms with Gasteiger partial charge in [-0.05, 0) is 25.7 Å². The molecule has 0 saturated carbocycles. The van der Waals surface area contributed by atoms with Crippen molar-refractivity contribution in [2.45, 2.75) is 32.2 Å².